The average molecular weight is 470 g/mol. The molecule has 0 radical (unpaired) electrons. The average Bonchev–Trinajstić information content (AvgIpc) is 2.79. The Morgan fingerprint density at radius 2 is 1.38 bits per heavy atom. The van der Waals surface area contributed by atoms with Crippen LogP contribution < -0.4 is 5.32 Å². The fraction of sp³-hybridized carbons (Fsp3) is 0.444. The highest BCUT2D eigenvalue weighted by Crippen LogP contribution is 2.41. The Labute approximate surface area is 201 Å². The Hall–Kier alpha value is -3.35. The zero-order valence-corrected chi connectivity index (χ0v) is 20.9. The van der Waals surface area contributed by atoms with Crippen molar-refractivity contribution in [2.75, 3.05) is 19.8 Å². The number of rotatable bonds is 10. The number of carbonyl (C=O) groups is 3. The van der Waals surface area contributed by atoms with E-state index in [9.17, 15) is 14.4 Å². The van der Waals surface area contributed by atoms with Gasteiger partial charge in [0.1, 0.15) is 0 Å². The van der Waals surface area contributed by atoms with Crippen molar-refractivity contribution >= 4 is 24.0 Å². The maximum atomic E-state index is 13.1. The second kappa shape index (κ2) is 12.8. The first-order valence-corrected chi connectivity index (χ1v) is 11.8. The van der Waals surface area contributed by atoms with Crippen LogP contribution in [0.25, 0.3) is 6.08 Å². The second-order valence-electron chi connectivity index (χ2n) is 7.85. The lowest BCUT2D eigenvalue weighted by molar-refractivity contribution is -0.140. The molecule has 0 saturated carbocycles. The highest BCUT2D eigenvalue weighted by atomic mass is 16.5. The summed E-state index contributed by atoms with van der Waals surface area (Å²) in [5.41, 5.74) is 3.83. The molecular weight excluding hydrogens is 434 g/mol. The molecule has 1 N–H and O–H groups in total. The highest BCUT2D eigenvalue weighted by molar-refractivity contribution is 6.00. The summed E-state index contributed by atoms with van der Waals surface area (Å²) in [5.74, 6) is -2.12. The van der Waals surface area contributed by atoms with E-state index in [0.29, 0.717) is 40.1 Å². The van der Waals surface area contributed by atoms with Gasteiger partial charge in [-0.05, 0) is 58.2 Å². The van der Waals surface area contributed by atoms with E-state index in [1.54, 1.807) is 40.7 Å². The largest absolute Gasteiger partial charge is 0.463 e. The second-order valence-corrected chi connectivity index (χ2v) is 7.85. The Bertz CT molecular complexity index is 978. The lowest BCUT2D eigenvalue weighted by atomic mass is 9.78. The lowest BCUT2D eigenvalue weighted by Crippen LogP contribution is -2.32. The number of hydrogen-bond acceptors (Lipinski definition) is 7. The fourth-order valence-corrected chi connectivity index (χ4v) is 4.08. The molecule has 1 aromatic rings. The van der Waals surface area contributed by atoms with Crippen molar-refractivity contribution in [3.05, 3.63) is 63.5 Å². The molecule has 0 bridgehead atoms. The number of benzene rings is 1. The van der Waals surface area contributed by atoms with Crippen molar-refractivity contribution in [2.45, 2.75) is 60.3 Å². The lowest BCUT2D eigenvalue weighted by Gasteiger charge is -2.31. The van der Waals surface area contributed by atoms with Crippen molar-refractivity contribution in [3.8, 4) is 0 Å². The third-order valence-corrected chi connectivity index (χ3v) is 5.44. The summed E-state index contributed by atoms with van der Waals surface area (Å²) in [6, 6.07) is 7.42. The molecule has 1 aromatic carbocycles. The van der Waals surface area contributed by atoms with Crippen LogP contribution in [0.3, 0.4) is 0 Å². The predicted molar refractivity (Wildman–Crippen MR) is 131 cm³/mol. The summed E-state index contributed by atoms with van der Waals surface area (Å²) >= 11 is 0. The van der Waals surface area contributed by atoms with Crippen molar-refractivity contribution < 1.29 is 28.6 Å². The van der Waals surface area contributed by atoms with Crippen molar-refractivity contribution in [2.24, 2.45) is 0 Å². The van der Waals surface area contributed by atoms with E-state index in [1.807, 2.05) is 31.2 Å². The molecule has 1 aliphatic rings. The van der Waals surface area contributed by atoms with Gasteiger partial charge in [-0.3, -0.25) is 0 Å². The van der Waals surface area contributed by atoms with Gasteiger partial charge in [0, 0.05) is 17.0 Å². The molecule has 1 heterocycles. The van der Waals surface area contributed by atoms with Crippen LogP contribution in [0.15, 0.2) is 52.4 Å². The van der Waals surface area contributed by atoms with Crippen LogP contribution in [0.4, 0.5) is 0 Å². The third-order valence-electron chi connectivity index (χ3n) is 5.44. The summed E-state index contributed by atoms with van der Waals surface area (Å²) in [6.45, 7) is 11.5. The molecule has 34 heavy (non-hydrogen) atoms. The van der Waals surface area contributed by atoms with E-state index in [4.69, 9.17) is 14.2 Å². The molecule has 0 spiro atoms. The number of esters is 3. The van der Waals surface area contributed by atoms with E-state index in [1.165, 1.54) is 0 Å². The number of nitrogens with one attached hydrogen (secondary N) is 1. The Morgan fingerprint density at radius 3 is 1.88 bits per heavy atom. The monoisotopic (exact) mass is 469 g/mol. The van der Waals surface area contributed by atoms with Crippen molar-refractivity contribution in [3.63, 3.8) is 0 Å². The Balaban J connectivity index is 2.78. The highest BCUT2D eigenvalue weighted by Gasteiger charge is 2.38. The minimum Gasteiger partial charge on any atom is -0.463 e. The Kier molecular flexibility index (Phi) is 10.1. The van der Waals surface area contributed by atoms with Gasteiger partial charge in [-0.2, -0.15) is 0 Å². The number of ether oxygens (including phenoxy) is 3. The molecule has 0 unspecified atom stereocenters. The summed E-state index contributed by atoms with van der Waals surface area (Å²) in [4.78, 5) is 38.7. The molecule has 184 valence electrons. The zero-order valence-electron chi connectivity index (χ0n) is 20.9. The molecule has 0 amide bonds. The van der Waals surface area contributed by atoms with Crippen LogP contribution in [0.2, 0.25) is 0 Å². The first kappa shape index (κ1) is 26.9. The molecule has 1 aliphatic heterocycles. The van der Waals surface area contributed by atoms with Crippen molar-refractivity contribution in [1.82, 2.24) is 5.32 Å². The molecule has 2 rings (SSSR count). The molecule has 0 aromatic heterocycles. The van der Waals surface area contributed by atoms with Gasteiger partial charge in [0.25, 0.3) is 0 Å². The van der Waals surface area contributed by atoms with Gasteiger partial charge in [0.15, 0.2) is 0 Å². The van der Waals surface area contributed by atoms with Crippen LogP contribution in [0, 0.1) is 0 Å². The topological polar surface area (TPSA) is 90.9 Å². The standard InChI is InChI=1S/C27H35NO6/c1-7-13-20(25(29)32-8-2)16-19-14-11-12-15-21(19)24-22(26(30)33-9-3)17(5)28-18(6)23(24)27(31)34-10-4/h11-12,14-16,24,28H,7-10,13H2,1-6H3/b20-16+. The summed E-state index contributed by atoms with van der Waals surface area (Å²) in [6.07, 6.45) is 3.09. The van der Waals surface area contributed by atoms with Gasteiger partial charge in [0.05, 0.1) is 36.9 Å². The van der Waals surface area contributed by atoms with Gasteiger partial charge in [-0.15, -0.1) is 0 Å². The van der Waals surface area contributed by atoms with E-state index in [0.717, 1.165) is 12.0 Å². The van der Waals surface area contributed by atoms with Gasteiger partial charge in [-0.25, -0.2) is 14.4 Å². The molecule has 7 nitrogen and oxygen atoms in total. The third kappa shape index (κ3) is 6.16. The van der Waals surface area contributed by atoms with Gasteiger partial charge in [0.2, 0.25) is 0 Å². The maximum absolute atomic E-state index is 13.1. The normalized spacial score (nSPS) is 14.6. The van der Waals surface area contributed by atoms with E-state index in [-0.39, 0.29) is 25.8 Å². The number of hydrogen-bond donors (Lipinski definition) is 1. The first-order chi connectivity index (χ1) is 16.3. The smallest absolute Gasteiger partial charge is 0.336 e. The van der Waals surface area contributed by atoms with Crippen LogP contribution in [-0.4, -0.2) is 37.7 Å². The predicted octanol–water partition coefficient (Wildman–Crippen LogP) is 4.79. The molecule has 7 heteroatoms. The summed E-state index contributed by atoms with van der Waals surface area (Å²) in [5, 5.41) is 3.14. The number of dihydropyridines is 1. The number of carbonyl (C=O) groups excluding carboxylic acids is 3. The minimum atomic E-state index is -0.725. The van der Waals surface area contributed by atoms with Gasteiger partial charge in [-0.1, -0.05) is 37.6 Å². The van der Waals surface area contributed by atoms with Crippen LogP contribution >= 0.6 is 0 Å². The Morgan fingerprint density at radius 1 is 0.853 bits per heavy atom. The van der Waals surface area contributed by atoms with E-state index >= 15 is 0 Å². The van der Waals surface area contributed by atoms with Gasteiger partial charge < -0.3 is 19.5 Å². The van der Waals surface area contributed by atoms with Crippen LogP contribution in [0.1, 0.15) is 71.4 Å². The molecule has 0 aliphatic carbocycles. The quantitative estimate of drug-likeness (QED) is 0.299. The van der Waals surface area contributed by atoms with E-state index in [2.05, 4.69) is 5.32 Å². The molecule has 0 atom stereocenters. The molecular formula is C27H35NO6. The summed E-state index contributed by atoms with van der Waals surface area (Å²) in [7, 11) is 0. The summed E-state index contributed by atoms with van der Waals surface area (Å²) < 4.78 is 16.0. The fourth-order valence-electron chi connectivity index (χ4n) is 4.08. The van der Waals surface area contributed by atoms with E-state index < -0.39 is 17.9 Å². The SMILES string of the molecule is CCC/C(=C\c1ccccc1C1C(C(=O)OCC)=C(C)NC(C)=C1C(=O)OCC)C(=O)OCC. The van der Waals surface area contributed by atoms with Crippen molar-refractivity contribution in [1.29, 1.82) is 0 Å². The first-order valence-electron chi connectivity index (χ1n) is 11.8. The van der Waals surface area contributed by atoms with Gasteiger partial charge >= 0.3 is 17.9 Å². The molecule has 0 saturated heterocycles. The number of allylic oxidation sites excluding steroid dienone is 2. The molecule has 0 fully saturated rings. The minimum absolute atomic E-state index is 0.199. The maximum Gasteiger partial charge on any atom is 0.336 e. The zero-order chi connectivity index (χ0) is 25.3. The van der Waals surface area contributed by atoms with Crippen LogP contribution in [0.5, 0.6) is 0 Å². The van der Waals surface area contributed by atoms with Crippen LogP contribution in [-0.2, 0) is 28.6 Å².